The second-order valence-corrected chi connectivity index (χ2v) is 2.41. The minimum atomic E-state index is 0.311. The summed E-state index contributed by atoms with van der Waals surface area (Å²) < 4.78 is 0. The van der Waals surface area contributed by atoms with E-state index in [-0.39, 0.29) is 0 Å². The average Bonchev–Trinajstić information content (AvgIpc) is 2.24. The molecule has 0 saturated carbocycles. The Morgan fingerprint density at radius 2 is 1.50 bits per heavy atom. The van der Waals surface area contributed by atoms with E-state index < -0.39 is 0 Å². The molecule has 1 N–H and O–H groups in total. The van der Waals surface area contributed by atoms with Crippen LogP contribution in [0.4, 0.5) is 5.69 Å². The number of aromatic hydroxyl groups is 1. The van der Waals surface area contributed by atoms with Crippen molar-refractivity contribution in [1.29, 1.82) is 0 Å². The van der Waals surface area contributed by atoms with Gasteiger partial charge < -0.3 is 10.0 Å². The van der Waals surface area contributed by atoms with Gasteiger partial charge in [-0.25, -0.2) is 0 Å². The van der Waals surface area contributed by atoms with E-state index in [1.807, 2.05) is 58.8 Å². The van der Waals surface area contributed by atoms with Crippen LogP contribution in [0, 0.1) is 0 Å². The Bertz CT molecular complexity index is 221. The second kappa shape index (κ2) is 9.90. The van der Waals surface area contributed by atoms with Crippen molar-refractivity contribution in [3.63, 3.8) is 0 Å². The first-order valence-electron chi connectivity index (χ1n) is 5.16. The second-order valence-electron chi connectivity index (χ2n) is 2.41. The topological polar surface area (TPSA) is 23.5 Å². The molecule has 0 spiro atoms. The molecule has 0 unspecified atom stereocenters. The third-order valence-corrected chi connectivity index (χ3v) is 1.35. The maximum atomic E-state index is 9.04. The fraction of sp³-hybridized carbons (Fsp3) is 0.500. The largest absolute Gasteiger partial charge is 0.508 e. The van der Waals surface area contributed by atoms with Gasteiger partial charge in [-0.05, 0) is 12.1 Å². The first-order chi connectivity index (χ1) is 6.70. The van der Waals surface area contributed by atoms with Gasteiger partial charge in [-0.3, -0.25) is 0 Å². The SMILES string of the molecule is CC.CC.CN(C)c1cccc(O)c1. The Balaban J connectivity index is 0. The zero-order chi connectivity index (χ0) is 11.6. The number of phenolic OH excluding ortho intramolecular Hbond substituents is 1. The number of hydrogen-bond donors (Lipinski definition) is 1. The van der Waals surface area contributed by atoms with Gasteiger partial charge in [0, 0.05) is 25.8 Å². The van der Waals surface area contributed by atoms with Crippen LogP contribution >= 0.6 is 0 Å². The van der Waals surface area contributed by atoms with Gasteiger partial charge in [0.25, 0.3) is 0 Å². The predicted octanol–water partition coefficient (Wildman–Crippen LogP) is 3.51. The van der Waals surface area contributed by atoms with Gasteiger partial charge >= 0.3 is 0 Å². The molecular formula is C12H23NO. The number of rotatable bonds is 1. The van der Waals surface area contributed by atoms with Gasteiger partial charge in [-0.2, -0.15) is 0 Å². The van der Waals surface area contributed by atoms with Crippen molar-refractivity contribution < 1.29 is 5.11 Å². The first-order valence-corrected chi connectivity index (χ1v) is 5.16. The lowest BCUT2D eigenvalue weighted by molar-refractivity contribution is 0.475. The van der Waals surface area contributed by atoms with Crippen molar-refractivity contribution >= 4 is 5.69 Å². The summed E-state index contributed by atoms with van der Waals surface area (Å²) in [5, 5.41) is 9.04. The van der Waals surface area contributed by atoms with E-state index in [9.17, 15) is 0 Å². The van der Waals surface area contributed by atoms with Crippen LogP contribution < -0.4 is 4.90 Å². The Morgan fingerprint density at radius 3 is 1.79 bits per heavy atom. The smallest absolute Gasteiger partial charge is 0.117 e. The molecule has 0 amide bonds. The number of hydrogen-bond acceptors (Lipinski definition) is 2. The molecule has 0 aliphatic rings. The number of benzene rings is 1. The van der Waals surface area contributed by atoms with Crippen molar-refractivity contribution in [3.8, 4) is 5.75 Å². The van der Waals surface area contributed by atoms with Gasteiger partial charge in [0.1, 0.15) is 5.75 Å². The van der Waals surface area contributed by atoms with Crippen LogP contribution in [0.2, 0.25) is 0 Å². The lowest BCUT2D eigenvalue weighted by Crippen LogP contribution is -2.07. The van der Waals surface area contributed by atoms with E-state index in [1.54, 1.807) is 12.1 Å². The summed E-state index contributed by atoms with van der Waals surface area (Å²) in [5.74, 6) is 0.311. The highest BCUT2D eigenvalue weighted by atomic mass is 16.3. The average molecular weight is 197 g/mol. The molecule has 1 rings (SSSR count). The molecule has 0 radical (unpaired) electrons. The summed E-state index contributed by atoms with van der Waals surface area (Å²) in [6, 6.07) is 7.15. The zero-order valence-corrected chi connectivity index (χ0v) is 10.2. The summed E-state index contributed by atoms with van der Waals surface area (Å²) in [6.07, 6.45) is 0. The first kappa shape index (κ1) is 15.3. The van der Waals surface area contributed by atoms with Crippen LogP contribution in [0.5, 0.6) is 5.75 Å². The molecule has 0 aliphatic carbocycles. The van der Waals surface area contributed by atoms with Gasteiger partial charge in [0.15, 0.2) is 0 Å². The fourth-order valence-corrected chi connectivity index (χ4v) is 0.771. The van der Waals surface area contributed by atoms with Crippen molar-refractivity contribution in [2.75, 3.05) is 19.0 Å². The van der Waals surface area contributed by atoms with Crippen LogP contribution in [0.15, 0.2) is 24.3 Å². The molecule has 1 aromatic rings. The molecule has 0 atom stereocenters. The molecule has 1 aromatic carbocycles. The lowest BCUT2D eigenvalue weighted by Gasteiger charge is -2.11. The molecular weight excluding hydrogens is 174 g/mol. The van der Waals surface area contributed by atoms with Crippen molar-refractivity contribution in [1.82, 2.24) is 0 Å². The van der Waals surface area contributed by atoms with Crippen LogP contribution in [0.3, 0.4) is 0 Å². The molecule has 0 fully saturated rings. The monoisotopic (exact) mass is 197 g/mol. The van der Waals surface area contributed by atoms with E-state index >= 15 is 0 Å². The van der Waals surface area contributed by atoms with Gasteiger partial charge in [-0.15, -0.1) is 0 Å². The summed E-state index contributed by atoms with van der Waals surface area (Å²) in [4.78, 5) is 1.94. The Morgan fingerprint density at radius 1 is 1.00 bits per heavy atom. The van der Waals surface area contributed by atoms with Crippen molar-refractivity contribution in [2.24, 2.45) is 0 Å². The molecule has 0 bridgehead atoms. The quantitative estimate of drug-likeness (QED) is 0.744. The highest BCUT2D eigenvalue weighted by Gasteiger charge is 1.93. The third kappa shape index (κ3) is 6.35. The zero-order valence-electron chi connectivity index (χ0n) is 10.2. The maximum absolute atomic E-state index is 9.04. The Labute approximate surface area is 88.2 Å². The molecule has 2 nitrogen and oxygen atoms in total. The third-order valence-electron chi connectivity index (χ3n) is 1.35. The van der Waals surface area contributed by atoms with E-state index in [4.69, 9.17) is 5.11 Å². The van der Waals surface area contributed by atoms with Gasteiger partial charge in [0.2, 0.25) is 0 Å². The highest BCUT2D eigenvalue weighted by molar-refractivity contribution is 5.48. The summed E-state index contributed by atoms with van der Waals surface area (Å²) in [6.45, 7) is 8.00. The minimum absolute atomic E-state index is 0.311. The Hall–Kier alpha value is -1.18. The molecule has 0 aromatic heterocycles. The molecule has 82 valence electrons. The highest BCUT2D eigenvalue weighted by Crippen LogP contribution is 2.16. The fourth-order valence-electron chi connectivity index (χ4n) is 0.771. The van der Waals surface area contributed by atoms with Crippen LogP contribution in [0.25, 0.3) is 0 Å². The minimum Gasteiger partial charge on any atom is -0.508 e. The summed E-state index contributed by atoms with van der Waals surface area (Å²) in [5.41, 5.74) is 1.01. The van der Waals surface area contributed by atoms with Crippen molar-refractivity contribution in [3.05, 3.63) is 24.3 Å². The predicted molar refractivity (Wildman–Crippen MR) is 65.1 cm³/mol. The molecule has 0 heterocycles. The Kier molecular flexibility index (Phi) is 10.8. The van der Waals surface area contributed by atoms with Gasteiger partial charge in [-0.1, -0.05) is 33.8 Å². The van der Waals surface area contributed by atoms with Crippen LogP contribution in [-0.2, 0) is 0 Å². The summed E-state index contributed by atoms with van der Waals surface area (Å²) >= 11 is 0. The number of nitrogens with zero attached hydrogens (tertiary/aromatic N) is 1. The maximum Gasteiger partial charge on any atom is 0.117 e. The van der Waals surface area contributed by atoms with E-state index in [0.29, 0.717) is 5.75 Å². The van der Waals surface area contributed by atoms with E-state index in [1.165, 1.54) is 0 Å². The van der Waals surface area contributed by atoms with E-state index in [0.717, 1.165) is 5.69 Å². The van der Waals surface area contributed by atoms with E-state index in [2.05, 4.69) is 0 Å². The number of anilines is 1. The van der Waals surface area contributed by atoms with Crippen LogP contribution in [-0.4, -0.2) is 19.2 Å². The van der Waals surface area contributed by atoms with Crippen LogP contribution in [0.1, 0.15) is 27.7 Å². The summed E-state index contributed by atoms with van der Waals surface area (Å²) in [7, 11) is 3.88. The van der Waals surface area contributed by atoms with Crippen molar-refractivity contribution in [2.45, 2.75) is 27.7 Å². The molecule has 0 aliphatic heterocycles. The molecule has 14 heavy (non-hydrogen) atoms. The normalized spacial score (nSPS) is 7.57. The molecule has 0 saturated heterocycles. The lowest BCUT2D eigenvalue weighted by atomic mass is 10.3. The molecule has 2 heteroatoms. The van der Waals surface area contributed by atoms with Gasteiger partial charge in [0.05, 0.1) is 0 Å². The standard InChI is InChI=1S/C8H11NO.2C2H6/c1-9(2)7-4-3-5-8(10)6-7;2*1-2/h3-6,10H,1-2H3;2*1-2H3. The number of phenols is 1.